The van der Waals surface area contributed by atoms with E-state index in [0.29, 0.717) is 6.61 Å². The molecule has 1 aliphatic rings. The summed E-state index contributed by atoms with van der Waals surface area (Å²) in [6, 6.07) is 16.3. The van der Waals surface area contributed by atoms with E-state index in [1.54, 1.807) is 0 Å². The van der Waals surface area contributed by atoms with Crippen molar-refractivity contribution in [1.82, 2.24) is 0 Å². The number of fused-ring (bicyclic) bond motifs is 1. The summed E-state index contributed by atoms with van der Waals surface area (Å²) in [6.45, 7) is 8.76. The maximum atomic E-state index is 6.36. The van der Waals surface area contributed by atoms with E-state index in [2.05, 4.69) is 51.2 Å². The van der Waals surface area contributed by atoms with Crippen molar-refractivity contribution in [2.24, 2.45) is 0 Å². The highest BCUT2D eigenvalue weighted by atomic mass is 16.6. The number of ether oxygens (including phenoxy) is 3. The predicted molar refractivity (Wildman–Crippen MR) is 105 cm³/mol. The van der Waals surface area contributed by atoms with Gasteiger partial charge in [-0.1, -0.05) is 30.3 Å². The van der Waals surface area contributed by atoms with E-state index in [4.69, 9.17) is 14.2 Å². The van der Waals surface area contributed by atoms with Crippen LogP contribution in [0.15, 0.2) is 48.5 Å². The van der Waals surface area contributed by atoms with Gasteiger partial charge < -0.3 is 19.5 Å². The lowest BCUT2D eigenvalue weighted by Gasteiger charge is -2.44. The molecule has 0 radical (unpaired) electrons. The molecule has 26 heavy (non-hydrogen) atoms. The van der Waals surface area contributed by atoms with E-state index >= 15 is 0 Å². The normalized spacial score (nSPS) is 21.2. The molecule has 2 unspecified atom stereocenters. The summed E-state index contributed by atoms with van der Waals surface area (Å²) >= 11 is 0. The van der Waals surface area contributed by atoms with Crippen LogP contribution < -0.4 is 10.1 Å². The van der Waals surface area contributed by atoms with Gasteiger partial charge in [-0.25, -0.2) is 0 Å². The van der Waals surface area contributed by atoms with Gasteiger partial charge in [0.1, 0.15) is 23.6 Å². The molecule has 4 heteroatoms. The van der Waals surface area contributed by atoms with Crippen molar-refractivity contribution in [3.8, 4) is 5.75 Å². The second-order valence-electron chi connectivity index (χ2n) is 7.53. The molecular formula is C22H29NO3. The second kappa shape index (κ2) is 7.68. The van der Waals surface area contributed by atoms with Crippen LogP contribution in [0.4, 0.5) is 5.69 Å². The van der Waals surface area contributed by atoms with Crippen LogP contribution in [0.2, 0.25) is 0 Å². The summed E-state index contributed by atoms with van der Waals surface area (Å²) in [7, 11) is 1.91. The molecule has 1 N–H and O–H groups in total. The Hall–Kier alpha value is -2.04. The Morgan fingerprint density at radius 2 is 1.85 bits per heavy atom. The Kier molecular flexibility index (Phi) is 5.54. The van der Waals surface area contributed by atoms with E-state index in [1.165, 1.54) is 0 Å². The van der Waals surface area contributed by atoms with Crippen LogP contribution in [-0.4, -0.2) is 24.9 Å². The molecule has 0 aliphatic carbocycles. The molecule has 0 spiro atoms. The first-order chi connectivity index (χ1) is 12.4. The highest BCUT2D eigenvalue weighted by Crippen LogP contribution is 2.45. The van der Waals surface area contributed by atoms with Gasteiger partial charge in [-0.05, 0) is 51.5 Å². The molecule has 0 saturated heterocycles. The largest absolute Gasteiger partial charge is 0.485 e. The van der Waals surface area contributed by atoms with Gasteiger partial charge in [-0.15, -0.1) is 0 Å². The minimum atomic E-state index is -0.498. The van der Waals surface area contributed by atoms with Crippen LogP contribution >= 0.6 is 0 Å². The van der Waals surface area contributed by atoms with Crippen molar-refractivity contribution in [2.75, 3.05) is 12.4 Å². The average Bonchev–Trinajstić information content (AvgIpc) is 2.61. The molecule has 140 valence electrons. The lowest BCUT2D eigenvalue weighted by molar-refractivity contribution is -0.177. The van der Waals surface area contributed by atoms with E-state index in [-0.39, 0.29) is 18.3 Å². The minimum absolute atomic E-state index is 0.0859. The minimum Gasteiger partial charge on any atom is -0.485 e. The van der Waals surface area contributed by atoms with Crippen molar-refractivity contribution in [1.29, 1.82) is 0 Å². The first kappa shape index (κ1) is 18.7. The standard InChI is InChI=1S/C22H29NO3/c1-15(2)25-20-18-13-17(23-5)11-12-19(18)26-22(3,4)21(20)24-14-16-9-7-6-8-10-16/h6-13,15,20-21,23H,14H2,1-5H3. The molecule has 0 bridgehead atoms. The summed E-state index contributed by atoms with van der Waals surface area (Å²) in [4.78, 5) is 0. The third-order valence-corrected chi connectivity index (χ3v) is 4.63. The molecule has 2 aromatic rings. The molecule has 2 atom stereocenters. The summed E-state index contributed by atoms with van der Waals surface area (Å²) in [6.07, 6.45) is -0.321. The van der Waals surface area contributed by atoms with E-state index in [0.717, 1.165) is 22.6 Å². The fraction of sp³-hybridized carbons (Fsp3) is 0.455. The number of hydrogen-bond donors (Lipinski definition) is 1. The second-order valence-corrected chi connectivity index (χ2v) is 7.53. The molecule has 4 nitrogen and oxygen atoms in total. The average molecular weight is 355 g/mol. The maximum absolute atomic E-state index is 6.36. The zero-order valence-electron chi connectivity index (χ0n) is 16.3. The monoisotopic (exact) mass is 355 g/mol. The van der Waals surface area contributed by atoms with Crippen LogP contribution in [-0.2, 0) is 16.1 Å². The van der Waals surface area contributed by atoms with Crippen LogP contribution in [0.25, 0.3) is 0 Å². The fourth-order valence-corrected chi connectivity index (χ4v) is 3.37. The van der Waals surface area contributed by atoms with Crippen LogP contribution in [0.5, 0.6) is 5.75 Å². The zero-order chi connectivity index (χ0) is 18.7. The summed E-state index contributed by atoms with van der Waals surface area (Å²) < 4.78 is 19.0. The zero-order valence-corrected chi connectivity index (χ0v) is 16.3. The fourth-order valence-electron chi connectivity index (χ4n) is 3.37. The Morgan fingerprint density at radius 1 is 1.12 bits per heavy atom. The first-order valence-electron chi connectivity index (χ1n) is 9.22. The van der Waals surface area contributed by atoms with Crippen molar-refractivity contribution >= 4 is 5.69 Å². The number of anilines is 1. The van der Waals surface area contributed by atoms with E-state index in [9.17, 15) is 0 Å². The number of benzene rings is 2. The Balaban J connectivity index is 1.93. The van der Waals surface area contributed by atoms with Crippen LogP contribution in [0.3, 0.4) is 0 Å². The topological polar surface area (TPSA) is 39.7 Å². The van der Waals surface area contributed by atoms with Gasteiger partial charge in [-0.3, -0.25) is 0 Å². The van der Waals surface area contributed by atoms with Gasteiger partial charge in [0, 0.05) is 18.3 Å². The summed E-state index contributed by atoms with van der Waals surface area (Å²) in [5.41, 5.74) is 2.71. The third-order valence-electron chi connectivity index (χ3n) is 4.63. The van der Waals surface area contributed by atoms with Crippen LogP contribution in [0.1, 0.15) is 44.9 Å². The summed E-state index contributed by atoms with van der Waals surface area (Å²) in [5.74, 6) is 0.860. The lowest BCUT2D eigenvalue weighted by atomic mass is 9.87. The number of nitrogens with one attached hydrogen (secondary N) is 1. The predicted octanol–water partition coefficient (Wildman–Crippen LogP) is 4.95. The quantitative estimate of drug-likeness (QED) is 0.796. The highest BCUT2D eigenvalue weighted by Gasteiger charge is 2.46. The maximum Gasteiger partial charge on any atom is 0.132 e. The lowest BCUT2D eigenvalue weighted by Crippen LogP contribution is -2.51. The Bertz CT molecular complexity index is 727. The van der Waals surface area contributed by atoms with Gasteiger partial charge in [0.05, 0.1) is 12.7 Å². The molecule has 2 aromatic carbocycles. The Morgan fingerprint density at radius 3 is 2.50 bits per heavy atom. The third kappa shape index (κ3) is 4.02. The molecule has 3 rings (SSSR count). The van der Waals surface area contributed by atoms with Gasteiger partial charge >= 0.3 is 0 Å². The molecule has 0 aromatic heterocycles. The van der Waals surface area contributed by atoms with Crippen molar-refractivity contribution in [3.05, 3.63) is 59.7 Å². The number of rotatable bonds is 6. The van der Waals surface area contributed by atoms with Crippen LogP contribution in [0, 0.1) is 0 Å². The van der Waals surface area contributed by atoms with E-state index < -0.39 is 5.60 Å². The number of hydrogen-bond acceptors (Lipinski definition) is 4. The van der Waals surface area contributed by atoms with Gasteiger partial charge in [0.2, 0.25) is 0 Å². The molecular weight excluding hydrogens is 326 g/mol. The summed E-state index contributed by atoms with van der Waals surface area (Å²) in [5, 5.41) is 3.19. The molecule has 0 amide bonds. The molecule has 1 heterocycles. The van der Waals surface area contributed by atoms with E-state index in [1.807, 2.05) is 37.4 Å². The van der Waals surface area contributed by atoms with Gasteiger partial charge in [-0.2, -0.15) is 0 Å². The molecule has 1 aliphatic heterocycles. The van der Waals surface area contributed by atoms with Crippen molar-refractivity contribution in [3.63, 3.8) is 0 Å². The SMILES string of the molecule is CNc1ccc2c(c1)C(OC(C)C)C(OCc1ccccc1)C(C)(C)O2. The molecule has 0 saturated carbocycles. The van der Waals surface area contributed by atoms with Crippen molar-refractivity contribution in [2.45, 2.75) is 58.2 Å². The van der Waals surface area contributed by atoms with Gasteiger partial charge in [0.15, 0.2) is 0 Å². The van der Waals surface area contributed by atoms with Gasteiger partial charge in [0.25, 0.3) is 0 Å². The van der Waals surface area contributed by atoms with Crippen molar-refractivity contribution < 1.29 is 14.2 Å². The Labute approximate surface area is 156 Å². The highest BCUT2D eigenvalue weighted by molar-refractivity contribution is 5.53. The molecule has 0 fully saturated rings. The smallest absolute Gasteiger partial charge is 0.132 e. The first-order valence-corrected chi connectivity index (χ1v) is 9.22.